The number of para-hydroxylation sites is 1. The number of terminal acetylenes is 1. The van der Waals surface area contributed by atoms with Crippen molar-refractivity contribution in [2.24, 2.45) is 5.10 Å². The van der Waals surface area contributed by atoms with Crippen molar-refractivity contribution in [1.29, 1.82) is 0 Å². The van der Waals surface area contributed by atoms with Crippen LogP contribution in [0.25, 0.3) is 0 Å². The molecule has 7 nitrogen and oxygen atoms in total. The molecular formula is C22H22ClN3O4. The average molecular weight is 428 g/mol. The molecule has 0 aliphatic heterocycles. The number of hydrazone groups is 1. The van der Waals surface area contributed by atoms with Gasteiger partial charge in [-0.1, -0.05) is 35.7 Å². The molecule has 0 saturated carbocycles. The molecule has 0 aliphatic rings. The highest BCUT2D eigenvalue weighted by molar-refractivity contribution is 6.32. The van der Waals surface area contributed by atoms with Crippen LogP contribution in [0, 0.1) is 19.3 Å². The maximum Gasteiger partial charge on any atom is 0.240 e. The van der Waals surface area contributed by atoms with Crippen LogP contribution >= 0.6 is 11.6 Å². The highest BCUT2D eigenvalue weighted by Gasteiger charge is 2.11. The summed E-state index contributed by atoms with van der Waals surface area (Å²) in [7, 11) is 1.47. The van der Waals surface area contributed by atoms with Gasteiger partial charge in [-0.2, -0.15) is 5.10 Å². The fraction of sp³-hybridized carbons (Fsp3) is 0.227. The van der Waals surface area contributed by atoms with Crippen LogP contribution in [-0.4, -0.2) is 31.7 Å². The van der Waals surface area contributed by atoms with E-state index in [0.717, 1.165) is 11.3 Å². The van der Waals surface area contributed by atoms with E-state index >= 15 is 0 Å². The highest BCUT2D eigenvalue weighted by Crippen LogP contribution is 2.35. The molecule has 156 valence electrons. The van der Waals surface area contributed by atoms with Crippen LogP contribution in [0.15, 0.2) is 41.5 Å². The quantitative estimate of drug-likeness (QED) is 0.364. The Balaban J connectivity index is 1.87. The van der Waals surface area contributed by atoms with Gasteiger partial charge in [0.2, 0.25) is 11.8 Å². The molecule has 0 unspecified atom stereocenters. The van der Waals surface area contributed by atoms with E-state index in [0.29, 0.717) is 22.1 Å². The van der Waals surface area contributed by atoms with Crippen molar-refractivity contribution in [3.8, 4) is 23.8 Å². The Kier molecular flexibility index (Phi) is 8.73. The van der Waals surface area contributed by atoms with Gasteiger partial charge in [0.15, 0.2) is 11.5 Å². The summed E-state index contributed by atoms with van der Waals surface area (Å²) in [6.07, 6.45) is 6.63. The molecule has 0 heterocycles. The monoisotopic (exact) mass is 427 g/mol. The molecule has 8 heteroatoms. The van der Waals surface area contributed by atoms with E-state index < -0.39 is 5.91 Å². The molecule has 0 radical (unpaired) electrons. The van der Waals surface area contributed by atoms with E-state index in [4.69, 9.17) is 27.5 Å². The van der Waals surface area contributed by atoms with E-state index in [1.165, 1.54) is 13.3 Å². The second-order valence-electron chi connectivity index (χ2n) is 6.18. The molecule has 2 N–H and O–H groups in total. The number of hydrogen-bond acceptors (Lipinski definition) is 5. The first-order valence-corrected chi connectivity index (χ1v) is 9.43. The molecule has 0 aromatic heterocycles. The van der Waals surface area contributed by atoms with Crippen molar-refractivity contribution in [2.45, 2.75) is 19.8 Å². The number of amides is 2. The second kappa shape index (κ2) is 11.5. The number of hydrogen-bond donors (Lipinski definition) is 2. The number of nitrogens with one attached hydrogen (secondary N) is 2. The second-order valence-corrected chi connectivity index (χ2v) is 6.59. The number of carbonyl (C=O) groups is 2. The first-order chi connectivity index (χ1) is 14.4. The summed E-state index contributed by atoms with van der Waals surface area (Å²) in [6, 6.07) is 10.7. The van der Waals surface area contributed by atoms with Crippen LogP contribution in [-0.2, 0) is 9.59 Å². The van der Waals surface area contributed by atoms with Crippen LogP contribution in [0.5, 0.6) is 11.5 Å². The number of anilines is 1. The average Bonchev–Trinajstić information content (AvgIpc) is 2.73. The van der Waals surface area contributed by atoms with E-state index in [1.54, 1.807) is 18.2 Å². The number of benzene rings is 2. The molecule has 0 spiro atoms. The van der Waals surface area contributed by atoms with Crippen LogP contribution in [0.1, 0.15) is 24.0 Å². The van der Waals surface area contributed by atoms with Crippen molar-refractivity contribution in [3.05, 3.63) is 52.5 Å². The van der Waals surface area contributed by atoms with Gasteiger partial charge in [-0.25, -0.2) is 5.43 Å². The normalized spacial score (nSPS) is 10.3. The fourth-order valence-corrected chi connectivity index (χ4v) is 2.73. The Morgan fingerprint density at radius 3 is 2.67 bits per heavy atom. The zero-order chi connectivity index (χ0) is 21.9. The zero-order valence-corrected chi connectivity index (χ0v) is 17.5. The minimum absolute atomic E-state index is 0.00199. The number of nitrogens with zero attached hydrogens (tertiary/aromatic N) is 1. The molecule has 0 fully saturated rings. The molecule has 2 aromatic rings. The minimum atomic E-state index is -0.391. The summed E-state index contributed by atoms with van der Waals surface area (Å²) < 4.78 is 10.6. The molecule has 2 amide bonds. The molecule has 0 atom stereocenters. The number of carbonyl (C=O) groups excluding carboxylic acids is 2. The Morgan fingerprint density at radius 2 is 1.97 bits per heavy atom. The van der Waals surface area contributed by atoms with E-state index in [2.05, 4.69) is 21.8 Å². The predicted octanol–water partition coefficient (Wildman–Crippen LogP) is 3.54. The van der Waals surface area contributed by atoms with Gasteiger partial charge in [-0.15, -0.1) is 6.42 Å². The maximum atomic E-state index is 12.0. The Morgan fingerprint density at radius 1 is 1.23 bits per heavy atom. The summed E-state index contributed by atoms with van der Waals surface area (Å²) in [5.74, 6) is 2.43. The first kappa shape index (κ1) is 22.8. The smallest absolute Gasteiger partial charge is 0.240 e. The lowest BCUT2D eigenvalue weighted by Crippen LogP contribution is -2.20. The third kappa shape index (κ3) is 6.83. The summed E-state index contributed by atoms with van der Waals surface area (Å²) in [6.45, 7) is 1.95. The van der Waals surface area contributed by atoms with E-state index in [9.17, 15) is 9.59 Å². The lowest BCUT2D eigenvalue weighted by atomic mass is 10.2. The highest BCUT2D eigenvalue weighted by atomic mass is 35.5. The summed E-state index contributed by atoms with van der Waals surface area (Å²) in [5, 5.41) is 6.95. The van der Waals surface area contributed by atoms with Crippen LogP contribution in [0.4, 0.5) is 5.69 Å². The SMILES string of the molecule is C#CCOc1c(Cl)cc(C=NNC(=O)CCC(=O)Nc2ccccc2C)cc1OC. The summed E-state index contributed by atoms with van der Waals surface area (Å²) in [4.78, 5) is 23.9. The Hall–Kier alpha value is -3.50. The maximum absolute atomic E-state index is 12.0. The van der Waals surface area contributed by atoms with Gasteiger partial charge in [-0.3, -0.25) is 9.59 Å². The number of aryl methyl sites for hydroxylation is 1. The molecule has 0 aliphatic carbocycles. The molecule has 0 saturated heterocycles. The van der Waals surface area contributed by atoms with Gasteiger partial charge >= 0.3 is 0 Å². The van der Waals surface area contributed by atoms with Gasteiger partial charge in [-0.05, 0) is 36.2 Å². The summed E-state index contributed by atoms with van der Waals surface area (Å²) >= 11 is 6.19. The van der Waals surface area contributed by atoms with Crippen molar-refractivity contribution < 1.29 is 19.1 Å². The molecule has 30 heavy (non-hydrogen) atoms. The van der Waals surface area contributed by atoms with Gasteiger partial charge in [0.25, 0.3) is 0 Å². The number of rotatable bonds is 9. The van der Waals surface area contributed by atoms with Crippen LogP contribution < -0.4 is 20.2 Å². The first-order valence-electron chi connectivity index (χ1n) is 9.05. The summed E-state index contributed by atoms with van der Waals surface area (Å²) in [5.41, 5.74) is 4.63. The Labute approximate surface area is 180 Å². The van der Waals surface area contributed by atoms with Crippen molar-refractivity contribution >= 4 is 35.3 Å². The zero-order valence-electron chi connectivity index (χ0n) is 16.7. The number of ether oxygens (including phenoxy) is 2. The number of halogens is 1. The number of methoxy groups -OCH3 is 1. The van der Waals surface area contributed by atoms with Crippen molar-refractivity contribution in [3.63, 3.8) is 0 Å². The standard InChI is InChI=1S/C22H22ClN3O4/c1-4-11-30-22-17(23)12-16(13-19(22)29-3)14-24-26-21(28)10-9-20(27)25-18-8-6-5-7-15(18)2/h1,5-8,12-14H,9-11H2,2-3H3,(H,25,27)(H,26,28). The van der Waals surface area contributed by atoms with Crippen molar-refractivity contribution in [2.75, 3.05) is 19.0 Å². The topological polar surface area (TPSA) is 89.0 Å². The molecule has 2 aromatic carbocycles. The fourth-order valence-electron chi connectivity index (χ4n) is 2.46. The van der Waals surface area contributed by atoms with Gasteiger partial charge in [0, 0.05) is 18.5 Å². The lowest BCUT2D eigenvalue weighted by Gasteiger charge is -2.11. The van der Waals surface area contributed by atoms with Gasteiger partial charge < -0.3 is 14.8 Å². The lowest BCUT2D eigenvalue weighted by molar-refractivity contribution is -0.124. The van der Waals surface area contributed by atoms with Gasteiger partial charge in [0.05, 0.1) is 18.3 Å². The Bertz CT molecular complexity index is 983. The molecular weight excluding hydrogens is 406 g/mol. The van der Waals surface area contributed by atoms with E-state index in [1.807, 2.05) is 25.1 Å². The van der Waals surface area contributed by atoms with Crippen LogP contribution in [0.2, 0.25) is 5.02 Å². The van der Waals surface area contributed by atoms with Crippen molar-refractivity contribution in [1.82, 2.24) is 5.43 Å². The minimum Gasteiger partial charge on any atom is -0.493 e. The molecule has 2 rings (SSSR count). The third-order valence-electron chi connectivity index (χ3n) is 3.95. The van der Waals surface area contributed by atoms with Gasteiger partial charge in [0.1, 0.15) is 6.61 Å². The van der Waals surface area contributed by atoms with E-state index in [-0.39, 0.29) is 25.4 Å². The van der Waals surface area contributed by atoms with Crippen LogP contribution in [0.3, 0.4) is 0 Å². The predicted molar refractivity (Wildman–Crippen MR) is 117 cm³/mol. The molecule has 0 bridgehead atoms. The largest absolute Gasteiger partial charge is 0.493 e. The third-order valence-corrected chi connectivity index (χ3v) is 4.23.